The second kappa shape index (κ2) is 8.50. The van der Waals surface area contributed by atoms with Crippen LogP contribution in [0.25, 0.3) is 27.8 Å². The Morgan fingerprint density at radius 1 is 0.741 bits per heavy atom. The van der Waals surface area contributed by atoms with Gasteiger partial charge in [0.2, 0.25) is 0 Å². The lowest BCUT2D eigenvalue weighted by atomic mass is 9.79. The maximum Gasteiger partial charge on any atom is 0.488 e. The first-order valence-corrected chi connectivity index (χ1v) is 8.75. The number of hydrogen-bond acceptors (Lipinski definition) is 2. The fraction of sp³-hybridized carbons (Fsp3) is 0. The Labute approximate surface area is 160 Å². The van der Waals surface area contributed by atoms with Crippen LogP contribution in [-0.4, -0.2) is 17.2 Å². The molecule has 2 N–H and O–H groups in total. The summed E-state index contributed by atoms with van der Waals surface area (Å²) in [6, 6.07) is 23.8. The van der Waals surface area contributed by atoms with Crippen LogP contribution in [0.5, 0.6) is 0 Å². The quantitative estimate of drug-likeness (QED) is 0.508. The van der Waals surface area contributed by atoms with Gasteiger partial charge in [0, 0.05) is 0 Å². The van der Waals surface area contributed by atoms with Crippen LogP contribution < -0.4 is 5.46 Å². The minimum atomic E-state index is -1.46. The standard InChI is InChI=1S/C24H21BO2/c1-3-8-18(4-2)21-15-22(19-9-6-5-7-10-19)17-23(16-21)20-11-13-24(14-12-20)25(26)27/h3-17,26-27H,1-2H2/b18-8+. The Kier molecular flexibility index (Phi) is 5.87. The van der Waals surface area contributed by atoms with Crippen LogP contribution >= 0.6 is 0 Å². The van der Waals surface area contributed by atoms with E-state index < -0.39 is 7.12 Å². The molecule has 3 aromatic rings. The highest BCUT2D eigenvalue weighted by Crippen LogP contribution is 2.31. The zero-order chi connectivity index (χ0) is 19.2. The number of rotatable bonds is 6. The number of hydrogen-bond donors (Lipinski definition) is 2. The smallest absolute Gasteiger partial charge is 0.423 e. The van der Waals surface area contributed by atoms with Crippen LogP contribution in [0.1, 0.15) is 5.56 Å². The number of benzene rings is 3. The van der Waals surface area contributed by atoms with Gasteiger partial charge in [-0.05, 0) is 57.1 Å². The first kappa shape index (κ1) is 18.6. The molecule has 0 fully saturated rings. The predicted molar refractivity (Wildman–Crippen MR) is 116 cm³/mol. The Hall–Kier alpha value is -3.14. The SMILES string of the molecule is C=C/C=C(\C=C)c1cc(-c2ccccc2)cc(-c2ccc(B(O)O)cc2)c1. The van der Waals surface area contributed by atoms with E-state index in [0.29, 0.717) is 5.46 Å². The van der Waals surface area contributed by atoms with Crippen LogP contribution in [0.15, 0.2) is 104 Å². The van der Waals surface area contributed by atoms with E-state index in [4.69, 9.17) is 0 Å². The van der Waals surface area contributed by atoms with Gasteiger partial charge in [-0.25, -0.2) is 0 Å². The van der Waals surface area contributed by atoms with Gasteiger partial charge in [-0.3, -0.25) is 0 Å². The third-order valence-corrected chi connectivity index (χ3v) is 4.43. The van der Waals surface area contributed by atoms with E-state index in [1.54, 1.807) is 18.2 Å². The van der Waals surface area contributed by atoms with E-state index in [1.807, 2.05) is 42.5 Å². The molecule has 27 heavy (non-hydrogen) atoms. The fourth-order valence-corrected chi connectivity index (χ4v) is 3.01. The first-order valence-electron chi connectivity index (χ1n) is 8.75. The average Bonchev–Trinajstić information content (AvgIpc) is 2.72. The maximum atomic E-state index is 9.31. The monoisotopic (exact) mass is 352 g/mol. The minimum absolute atomic E-state index is 0.469. The molecule has 0 unspecified atom stereocenters. The topological polar surface area (TPSA) is 40.5 Å². The third-order valence-electron chi connectivity index (χ3n) is 4.43. The van der Waals surface area contributed by atoms with Crippen LogP contribution in [0.4, 0.5) is 0 Å². The molecule has 3 rings (SSSR count). The fourth-order valence-electron chi connectivity index (χ4n) is 3.01. The molecule has 0 heterocycles. The van der Waals surface area contributed by atoms with Gasteiger partial charge in [-0.2, -0.15) is 0 Å². The molecule has 3 aromatic carbocycles. The highest BCUT2D eigenvalue weighted by Gasteiger charge is 2.11. The van der Waals surface area contributed by atoms with Crippen molar-refractivity contribution in [2.75, 3.05) is 0 Å². The zero-order valence-electron chi connectivity index (χ0n) is 15.0. The summed E-state index contributed by atoms with van der Waals surface area (Å²) in [7, 11) is -1.46. The molecule has 0 spiro atoms. The van der Waals surface area contributed by atoms with E-state index >= 15 is 0 Å². The van der Waals surface area contributed by atoms with Crippen molar-refractivity contribution in [2.24, 2.45) is 0 Å². The van der Waals surface area contributed by atoms with Gasteiger partial charge in [0.25, 0.3) is 0 Å². The molecule has 0 bridgehead atoms. The first-order chi connectivity index (χ1) is 13.1. The number of allylic oxidation sites excluding steroid dienone is 4. The highest BCUT2D eigenvalue weighted by molar-refractivity contribution is 6.58. The van der Waals surface area contributed by atoms with Crippen molar-refractivity contribution in [3.05, 3.63) is 110 Å². The lowest BCUT2D eigenvalue weighted by Crippen LogP contribution is -2.29. The van der Waals surface area contributed by atoms with Crippen molar-refractivity contribution < 1.29 is 10.0 Å². The summed E-state index contributed by atoms with van der Waals surface area (Å²) in [5.74, 6) is 0. The molecular formula is C24H21BO2. The lowest BCUT2D eigenvalue weighted by Gasteiger charge is -2.12. The van der Waals surface area contributed by atoms with Crippen molar-refractivity contribution in [3.63, 3.8) is 0 Å². The second-order valence-corrected chi connectivity index (χ2v) is 6.22. The summed E-state index contributed by atoms with van der Waals surface area (Å²) in [5.41, 5.74) is 6.79. The second-order valence-electron chi connectivity index (χ2n) is 6.22. The zero-order valence-corrected chi connectivity index (χ0v) is 15.0. The van der Waals surface area contributed by atoms with E-state index in [2.05, 4.69) is 43.5 Å². The van der Waals surface area contributed by atoms with Crippen LogP contribution in [0, 0.1) is 0 Å². The van der Waals surface area contributed by atoms with Crippen LogP contribution in [0.2, 0.25) is 0 Å². The minimum Gasteiger partial charge on any atom is -0.423 e. The largest absolute Gasteiger partial charge is 0.488 e. The molecule has 0 aliphatic rings. The van der Waals surface area contributed by atoms with Crippen molar-refractivity contribution in [2.45, 2.75) is 0 Å². The van der Waals surface area contributed by atoms with E-state index in [0.717, 1.165) is 33.4 Å². The Morgan fingerprint density at radius 2 is 1.33 bits per heavy atom. The lowest BCUT2D eigenvalue weighted by molar-refractivity contribution is 0.426. The van der Waals surface area contributed by atoms with E-state index in [-0.39, 0.29) is 0 Å². The van der Waals surface area contributed by atoms with Gasteiger partial charge in [-0.15, -0.1) is 0 Å². The summed E-state index contributed by atoms with van der Waals surface area (Å²) in [5, 5.41) is 18.6. The van der Waals surface area contributed by atoms with Crippen LogP contribution in [0.3, 0.4) is 0 Å². The van der Waals surface area contributed by atoms with Crippen molar-refractivity contribution in [3.8, 4) is 22.3 Å². The molecule has 0 amide bonds. The summed E-state index contributed by atoms with van der Waals surface area (Å²) < 4.78 is 0. The maximum absolute atomic E-state index is 9.31. The summed E-state index contributed by atoms with van der Waals surface area (Å²) in [6.45, 7) is 7.71. The third kappa shape index (κ3) is 4.34. The van der Waals surface area contributed by atoms with Crippen molar-refractivity contribution in [1.82, 2.24) is 0 Å². The molecule has 0 atom stereocenters. The Morgan fingerprint density at radius 3 is 1.85 bits per heavy atom. The molecule has 0 aromatic heterocycles. The van der Waals surface area contributed by atoms with E-state index in [9.17, 15) is 10.0 Å². The van der Waals surface area contributed by atoms with Gasteiger partial charge in [-0.1, -0.05) is 86.0 Å². The van der Waals surface area contributed by atoms with Gasteiger partial charge in [0.05, 0.1) is 0 Å². The molecule has 0 saturated carbocycles. The molecule has 132 valence electrons. The summed E-state index contributed by atoms with van der Waals surface area (Å²) in [4.78, 5) is 0. The van der Waals surface area contributed by atoms with Gasteiger partial charge in [0.15, 0.2) is 0 Å². The van der Waals surface area contributed by atoms with Gasteiger partial charge in [0.1, 0.15) is 0 Å². The molecule has 0 radical (unpaired) electrons. The van der Waals surface area contributed by atoms with Crippen LogP contribution in [-0.2, 0) is 0 Å². The van der Waals surface area contributed by atoms with Gasteiger partial charge < -0.3 is 10.0 Å². The Bertz CT molecular complexity index is 971. The molecular weight excluding hydrogens is 331 g/mol. The molecule has 0 saturated heterocycles. The summed E-state index contributed by atoms with van der Waals surface area (Å²) in [6.07, 6.45) is 5.51. The molecule has 3 heteroatoms. The predicted octanol–water partition coefficient (Wildman–Crippen LogP) is 4.46. The molecule has 0 aliphatic heterocycles. The normalized spacial score (nSPS) is 11.1. The van der Waals surface area contributed by atoms with Crippen molar-refractivity contribution in [1.29, 1.82) is 0 Å². The van der Waals surface area contributed by atoms with Gasteiger partial charge >= 0.3 is 7.12 Å². The van der Waals surface area contributed by atoms with Crippen molar-refractivity contribution >= 4 is 18.2 Å². The Balaban J connectivity index is 2.16. The summed E-state index contributed by atoms with van der Waals surface area (Å²) >= 11 is 0. The van der Waals surface area contributed by atoms with E-state index in [1.165, 1.54) is 0 Å². The average molecular weight is 352 g/mol. The highest BCUT2D eigenvalue weighted by atomic mass is 16.4. The molecule has 0 aliphatic carbocycles. The molecule has 2 nitrogen and oxygen atoms in total.